The number of H-pyrrole nitrogens is 1. The van der Waals surface area contributed by atoms with E-state index in [1.54, 1.807) is 0 Å². The molecule has 0 spiro atoms. The summed E-state index contributed by atoms with van der Waals surface area (Å²) < 4.78 is 17.3. The number of rotatable bonds is 8. The maximum absolute atomic E-state index is 11.9. The summed E-state index contributed by atoms with van der Waals surface area (Å²) in [7, 11) is -4.13. The predicted octanol–water partition coefficient (Wildman–Crippen LogP) is -0.969. The van der Waals surface area contributed by atoms with Crippen molar-refractivity contribution >= 4 is 24.6 Å². The number of hydrogen-bond donors (Lipinski definition) is 5. The Morgan fingerprint density at radius 2 is 2.04 bits per heavy atom. The van der Waals surface area contributed by atoms with E-state index in [9.17, 15) is 9.36 Å². The molecule has 2 heterocycles. The van der Waals surface area contributed by atoms with Crippen LogP contribution in [0, 0.1) is 0 Å². The van der Waals surface area contributed by atoms with Crippen molar-refractivity contribution in [1.29, 1.82) is 0 Å². The number of aromatic nitrogens is 4. The number of nitrogens with one attached hydrogen (secondary N) is 1. The van der Waals surface area contributed by atoms with Gasteiger partial charge in [-0.15, -0.1) is 0 Å². The number of aryl methyl sites for hydroxylation is 1. The molecular formula is C11H18N5O6P. The Morgan fingerprint density at radius 1 is 1.30 bits per heavy atom. The Labute approximate surface area is 130 Å². The van der Waals surface area contributed by atoms with E-state index in [1.807, 2.05) is 0 Å². The van der Waals surface area contributed by atoms with Crippen molar-refractivity contribution in [3.05, 3.63) is 10.5 Å². The molecule has 0 radical (unpaired) electrons. The number of nitrogens with zero attached hydrogens (tertiary/aromatic N) is 3. The number of hydrogen-bond acceptors (Lipinski definition) is 7. The van der Waals surface area contributed by atoms with Crippen molar-refractivity contribution in [2.45, 2.75) is 19.4 Å². The molecule has 2 rings (SSSR count). The zero-order valence-electron chi connectivity index (χ0n) is 12.2. The fourth-order valence-corrected chi connectivity index (χ4v) is 2.52. The van der Waals surface area contributed by atoms with Crippen LogP contribution in [0.25, 0.3) is 11.2 Å². The van der Waals surface area contributed by atoms with Crippen LogP contribution in [0.5, 0.6) is 6.01 Å². The third-order valence-electron chi connectivity index (χ3n) is 2.99. The Kier molecular flexibility index (Phi) is 5.37. The van der Waals surface area contributed by atoms with Crippen LogP contribution in [0.2, 0.25) is 0 Å². The summed E-state index contributed by atoms with van der Waals surface area (Å²) in [5.74, 6) is 0.0276. The normalized spacial score (nSPS) is 12.0. The molecular weight excluding hydrogens is 329 g/mol. The minimum absolute atomic E-state index is 0.0276. The summed E-state index contributed by atoms with van der Waals surface area (Å²) in [6.45, 7) is 0.208. The van der Waals surface area contributed by atoms with Crippen LogP contribution >= 0.6 is 7.60 Å². The van der Waals surface area contributed by atoms with Crippen LogP contribution in [-0.2, 0) is 11.1 Å². The SMILES string of the molecule is Nc1nc(OCCCO)nc2c1[nH]c(=O)n2CCCP(=O)(O)O. The maximum Gasteiger partial charge on any atom is 0.327 e. The molecule has 0 bridgehead atoms. The van der Waals surface area contributed by atoms with E-state index < -0.39 is 13.3 Å². The standard InChI is InChI=1S/C11H18N5O6P/c12-8-7-9(15-10(14-8)22-5-2-4-17)16(11(18)13-7)3-1-6-23(19,20)21/h17H,1-6H2,(H,13,18)(H2,12,14,15)(H2,19,20,21). The highest BCUT2D eigenvalue weighted by Gasteiger charge is 2.16. The van der Waals surface area contributed by atoms with Gasteiger partial charge in [0.15, 0.2) is 11.5 Å². The fourth-order valence-electron chi connectivity index (χ4n) is 1.97. The van der Waals surface area contributed by atoms with E-state index in [2.05, 4.69) is 15.0 Å². The molecule has 0 fully saturated rings. The molecule has 23 heavy (non-hydrogen) atoms. The summed E-state index contributed by atoms with van der Waals surface area (Å²) in [6, 6.07) is -0.0359. The Balaban J connectivity index is 2.27. The smallest absolute Gasteiger partial charge is 0.327 e. The number of aliphatic hydroxyl groups excluding tert-OH is 1. The van der Waals surface area contributed by atoms with Gasteiger partial charge in [-0.3, -0.25) is 9.13 Å². The monoisotopic (exact) mass is 347 g/mol. The number of aliphatic hydroxyl groups is 1. The second-order valence-electron chi connectivity index (χ2n) is 4.84. The van der Waals surface area contributed by atoms with Crippen molar-refractivity contribution in [3.8, 4) is 6.01 Å². The van der Waals surface area contributed by atoms with Gasteiger partial charge >= 0.3 is 19.3 Å². The molecule has 128 valence electrons. The summed E-state index contributed by atoms with van der Waals surface area (Å²) in [5.41, 5.74) is 5.69. The van der Waals surface area contributed by atoms with Crippen molar-refractivity contribution in [3.63, 3.8) is 0 Å². The lowest BCUT2D eigenvalue weighted by Gasteiger charge is -2.07. The van der Waals surface area contributed by atoms with Gasteiger partial charge < -0.3 is 30.3 Å². The van der Waals surface area contributed by atoms with Gasteiger partial charge in [0, 0.05) is 19.6 Å². The first-order chi connectivity index (χ1) is 10.8. The zero-order chi connectivity index (χ0) is 17.0. The number of nitrogen functional groups attached to an aromatic ring is 1. The topological polar surface area (TPSA) is 177 Å². The zero-order valence-corrected chi connectivity index (χ0v) is 13.1. The molecule has 0 aliphatic carbocycles. The highest BCUT2D eigenvalue weighted by Crippen LogP contribution is 2.35. The van der Waals surface area contributed by atoms with Crippen molar-refractivity contribution in [2.24, 2.45) is 0 Å². The van der Waals surface area contributed by atoms with Gasteiger partial charge in [-0.2, -0.15) is 9.97 Å². The van der Waals surface area contributed by atoms with Gasteiger partial charge in [0.2, 0.25) is 0 Å². The van der Waals surface area contributed by atoms with Gasteiger partial charge in [-0.1, -0.05) is 0 Å². The van der Waals surface area contributed by atoms with E-state index in [0.29, 0.717) is 6.42 Å². The summed E-state index contributed by atoms with van der Waals surface area (Å²) in [5, 5.41) is 8.72. The van der Waals surface area contributed by atoms with Crippen LogP contribution in [0.4, 0.5) is 5.82 Å². The molecule has 2 aromatic rings. The highest BCUT2D eigenvalue weighted by molar-refractivity contribution is 7.51. The van der Waals surface area contributed by atoms with Crippen LogP contribution < -0.4 is 16.2 Å². The minimum Gasteiger partial charge on any atom is -0.463 e. The number of imidazole rings is 1. The summed E-state index contributed by atoms with van der Waals surface area (Å²) >= 11 is 0. The first kappa shape index (κ1) is 17.4. The Hall–Kier alpha value is -1.94. The fraction of sp³-hybridized carbons (Fsp3) is 0.545. The van der Waals surface area contributed by atoms with Crippen LogP contribution in [0.3, 0.4) is 0 Å². The average Bonchev–Trinajstić information content (AvgIpc) is 2.75. The molecule has 2 aromatic heterocycles. The van der Waals surface area contributed by atoms with Crippen LogP contribution in [0.1, 0.15) is 12.8 Å². The average molecular weight is 347 g/mol. The van der Waals surface area contributed by atoms with Gasteiger partial charge in [-0.25, -0.2) is 4.79 Å². The lowest BCUT2D eigenvalue weighted by Crippen LogP contribution is -2.18. The van der Waals surface area contributed by atoms with Gasteiger partial charge in [0.1, 0.15) is 5.52 Å². The van der Waals surface area contributed by atoms with Crippen molar-refractivity contribution < 1.29 is 24.2 Å². The Morgan fingerprint density at radius 3 is 2.70 bits per heavy atom. The third kappa shape index (κ3) is 4.52. The number of nitrogens with two attached hydrogens (primary N) is 1. The molecule has 0 aromatic carbocycles. The first-order valence-electron chi connectivity index (χ1n) is 6.86. The lowest BCUT2D eigenvalue weighted by molar-refractivity contribution is 0.224. The second-order valence-corrected chi connectivity index (χ2v) is 6.62. The van der Waals surface area contributed by atoms with Crippen LogP contribution in [-0.4, -0.2) is 53.8 Å². The number of ether oxygens (including phenoxy) is 1. The quantitative estimate of drug-likeness (QED) is 0.297. The maximum atomic E-state index is 11.9. The molecule has 0 aliphatic heterocycles. The van der Waals surface area contributed by atoms with Gasteiger partial charge in [0.25, 0.3) is 0 Å². The molecule has 0 amide bonds. The second kappa shape index (κ2) is 7.09. The number of fused-ring (bicyclic) bond motifs is 1. The van der Waals surface area contributed by atoms with Gasteiger partial charge in [-0.05, 0) is 6.42 Å². The first-order valence-corrected chi connectivity index (χ1v) is 8.66. The van der Waals surface area contributed by atoms with Crippen LogP contribution in [0.15, 0.2) is 4.79 Å². The molecule has 11 nitrogen and oxygen atoms in total. The lowest BCUT2D eigenvalue weighted by atomic mass is 10.4. The molecule has 12 heteroatoms. The third-order valence-corrected chi connectivity index (χ3v) is 3.89. The number of aromatic amines is 1. The molecule has 0 saturated carbocycles. The molecule has 6 N–H and O–H groups in total. The predicted molar refractivity (Wildman–Crippen MR) is 81.3 cm³/mol. The molecule has 0 aliphatic rings. The summed E-state index contributed by atoms with van der Waals surface area (Å²) in [4.78, 5) is 40.2. The van der Waals surface area contributed by atoms with Crippen molar-refractivity contribution in [2.75, 3.05) is 25.1 Å². The summed E-state index contributed by atoms with van der Waals surface area (Å²) in [6.07, 6.45) is 0.151. The van der Waals surface area contributed by atoms with E-state index in [1.165, 1.54) is 4.57 Å². The van der Waals surface area contributed by atoms with E-state index in [4.69, 9.17) is 25.4 Å². The van der Waals surface area contributed by atoms with E-state index in [0.717, 1.165) is 0 Å². The molecule has 0 saturated heterocycles. The minimum atomic E-state index is -4.13. The largest absolute Gasteiger partial charge is 0.463 e. The Bertz CT molecular complexity index is 781. The van der Waals surface area contributed by atoms with Gasteiger partial charge in [0.05, 0.1) is 12.8 Å². The highest BCUT2D eigenvalue weighted by atomic mass is 31.2. The van der Waals surface area contributed by atoms with Crippen molar-refractivity contribution in [1.82, 2.24) is 19.5 Å². The van der Waals surface area contributed by atoms with E-state index in [-0.39, 0.29) is 55.3 Å². The number of anilines is 1. The van der Waals surface area contributed by atoms with E-state index >= 15 is 0 Å². The molecule has 0 atom stereocenters. The molecule has 0 unspecified atom stereocenters.